The van der Waals surface area contributed by atoms with Crippen LogP contribution in [0.2, 0.25) is 5.02 Å². The number of nitrogens with zero attached hydrogens (tertiary/aromatic N) is 1. The molecule has 0 saturated heterocycles. The minimum absolute atomic E-state index is 0.290. The van der Waals surface area contributed by atoms with E-state index in [9.17, 15) is 5.11 Å². The van der Waals surface area contributed by atoms with Crippen molar-refractivity contribution in [1.29, 1.82) is 0 Å². The van der Waals surface area contributed by atoms with Crippen molar-refractivity contribution in [1.82, 2.24) is 4.98 Å². The standard InChI is InChI=1S/C15H16ClNO3/c1-10(18)13-8-11(16)6-7-14(13)20-9-12-4-3-5-15(17-12)19-2/h3-8,10,18H,9H2,1-2H3/t10-/m0/s1. The Morgan fingerprint density at radius 1 is 1.30 bits per heavy atom. The van der Waals surface area contributed by atoms with Crippen LogP contribution in [0.5, 0.6) is 11.6 Å². The molecule has 0 aliphatic rings. The Balaban J connectivity index is 2.14. The summed E-state index contributed by atoms with van der Waals surface area (Å²) in [6.07, 6.45) is -0.651. The smallest absolute Gasteiger partial charge is 0.213 e. The number of methoxy groups -OCH3 is 1. The van der Waals surface area contributed by atoms with Crippen LogP contribution in [-0.2, 0) is 6.61 Å². The Hall–Kier alpha value is -1.78. The number of hydrogen-bond acceptors (Lipinski definition) is 4. The molecule has 106 valence electrons. The number of pyridine rings is 1. The molecule has 0 fully saturated rings. The molecule has 1 aromatic carbocycles. The molecule has 0 saturated carbocycles. The third-order valence-corrected chi connectivity index (χ3v) is 3.02. The zero-order valence-corrected chi connectivity index (χ0v) is 12.1. The first-order valence-electron chi connectivity index (χ1n) is 6.20. The summed E-state index contributed by atoms with van der Waals surface area (Å²) in [5.41, 5.74) is 1.40. The maximum absolute atomic E-state index is 9.73. The summed E-state index contributed by atoms with van der Waals surface area (Å²) in [5, 5.41) is 10.3. The molecule has 0 bridgehead atoms. The van der Waals surface area contributed by atoms with Crippen molar-refractivity contribution in [2.45, 2.75) is 19.6 Å². The maximum Gasteiger partial charge on any atom is 0.213 e. The van der Waals surface area contributed by atoms with Gasteiger partial charge in [0.1, 0.15) is 12.4 Å². The molecule has 2 rings (SSSR count). The minimum atomic E-state index is -0.651. The highest BCUT2D eigenvalue weighted by molar-refractivity contribution is 6.30. The molecule has 1 atom stereocenters. The van der Waals surface area contributed by atoms with Gasteiger partial charge in [-0.15, -0.1) is 0 Å². The third kappa shape index (κ3) is 3.62. The van der Waals surface area contributed by atoms with Crippen molar-refractivity contribution >= 4 is 11.6 Å². The first-order valence-corrected chi connectivity index (χ1v) is 6.58. The molecule has 1 N–H and O–H groups in total. The van der Waals surface area contributed by atoms with Crippen LogP contribution in [0.15, 0.2) is 36.4 Å². The lowest BCUT2D eigenvalue weighted by Gasteiger charge is -2.13. The number of aromatic nitrogens is 1. The second-order valence-electron chi connectivity index (χ2n) is 4.32. The van der Waals surface area contributed by atoms with Gasteiger partial charge in [0.2, 0.25) is 5.88 Å². The Morgan fingerprint density at radius 3 is 2.80 bits per heavy atom. The molecule has 0 radical (unpaired) electrons. The van der Waals surface area contributed by atoms with Gasteiger partial charge in [0.25, 0.3) is 0 Å². The van der Waals surface area contributed by atoms with Gasteiger partial charge >= 0.3 is 0 Å². The summed E-state index contributed by atoms with van der Waals surface area (Å²) < 4.78 is 10.8. The molecule has 1 heterocycles. The van der Waals surface area contributed by atoms with E-state index in [0.717, 1.165) is 5.69 Å². The van der Waals surface area contributed by atoms with E-state index >= 15 is 0 Å². The second kappa shape index (κ2) is 6.59. The largest absolute Gasteiger partial charge is 0.487 e. The summed E-state index contributed by atoms with van der Waals surface area (Å²) >= 11 is 5.92. The van der Waals surface area contributed by atoms with Crippen LogP contribution >= 0.6 is 11.6 Å². The van der Waals surface area contributed by atoms with E-state index in [-0.39, 0.29) is 0 Å². The van der Waals surface area contributed by atoms with Crippen molar-refractivity contribution in [3.8, 4) is 11.6 Å². The summed E-state index contributed by atoms with van der Waals surface area (Å²) in [6, 6.07) is 10.6. The van der Waals surface area contributed by atoms with Gasteiger partial charge in [-0.25, -0.2) is 4.98 Å². The first-order chi connectivity index (χ1) is 9.60. The average Bonchev–Trinajstić information content (AvgIpc) is 2.46. The zero-order valence-electron chi connectivity index (χ0n) is 11.3. The molecular formula is C15H16ClNO3. The molecule has 4 nitrogen and oxygen atoms in total. The fourth-order valence-electron chi connectivity index (χ4n) is 1.78. The van der Waals surface area contributed by atoms with Crippen molar-refractivity contribution in [3.63, 3.8) is 0 Å². The van der Waals surface area contributed by atoms with Crippen molar-refractivity contribution in [2.75, 3.05) is 7.11 Å². The number of benzene rings is 1. The van der Waals surface area contributed by atoms with E-state index in [1.165, 1.54) is 0 Å². The number of aliphatic hydroxyl groups is 1. The van der Waals surface area contributed by atoms with Crippen LogP contribution in [0.25, 0.3) is 0 Å². The number of rotatable bonds is 5. The quantitative estimate of drug-likeness (QED) is 0.918. The molecule has 0 aliphatic heterocycles. The third-order valence-electron chi connectivity index (χ3n) is 2.79. The van der Waals surface area contributed by atoms with E-state index in [1.54, 1.807) is 38.3 Å². The highest BCUT2D eigenvalue weighted by Gasteiger charge is 2.10. The lowest BCUT2D eigenvalue weighted by Crippen LogP contribution is -2.03. The SMILES string of the molecule is COc1cccc(COc2ccc(Cl)cc2[C@H](C)O)n1. The topological polar surface area (TPSA) is 51.6 Å². The van der Waals surface area contributed by atoms with E-state index < -0.39 is 6.10 Å². The predicted octanol–water partition coefficient (Wildman–Crippen LogP) is 3.38. The van der Waals surface area contributed by atoms with Gasteiger partial charge in [0.15, 0.2) is 0 Å². The summed E-state index contributed by atoms with van der Waals surface area (Å²) in [6.45, 7) is 1.96. The van der Waals surface area contributed by atoms with Gasteiger partial charge in [-0.05, 0) is 31.2 Å². The number of hydrogen-bond donors (Lipinski definition) is 1. The molecule has 2 aromatic rings. The van der Waals surface area contributed by atoms with Crippen LogP contribution in [0.4, 0.5) is 0 Å². The summed E-state index contributed by atoms with van der Waals surface area (Å²) in [7, 11) is 1.57. The minimum Gasteiger partial charge on any atom is -0.487 e. The van der Waals surface area contributed by atoms with Crippen LogP contribution in [0.1, 0.15) is 24.3 Å². The highest BCUT2D eigenvalue weighted by atomic mass is 35.5. The number of halogens is 1. The predicted molar refractivity (Wildman–Crippen MR) is 77.2 cm³/mol. The number of ether oxygens (including phenoxy) is 2. The first kappa shape index (κ1) is 14.6. The monoisotopic (exact) mass is 293 g/mol. The van der Waals surface area contributed by atoms with Crippen molar-refractivity contribution in [3.05, 3.63) is 52.7 Å². The summed E-state index contributed by atoms with van der Waals surface area (Å²) in [5.74, 6) is 1.13. The summed E-state index contributed by atoms with van der Waals surface area (Å²) in [4.78, 5) is 4.26. The van der Waals surface area contributed by atoms with Gasteiger partial charge in [0, 0.05) is 16.7 Å². The fraction of sp³-hybridized carbons (Fsp3) is 0.267. The highest BCUT2D eigenvalue weighted by Crippen LogP contribution is 2.28. The fourth-order valence-corrected chi connectivity index (χ4v) is 1.96. The van der Waals surface area contributed by atoms with E-state index in [1.807, 2.05) is 12.1 Å². The Labute approximate surface area is 122 Å². The van der Waals surface area contributed by atoms with Gasteiger partial charge < -0.3 is 14.6 Å². The van der Waals surface area contributed by atoms with E-state index in [4.69, 9.17) is 21.1 Å². The molecule has 5 heteroatoms. The van der Waals surface area contributed by atoms with Crippen molar-refractivity contribution in [2.24, 2.45) is 0 Å². The van der Waals surface area contributed by atoms with Crippen LogP contribution < -0.4 is 9.47 Å². The normalized spacial score (nSPS) is 12.0. The van der Waals surface area contributed by atoms with Crippen LogP contribution in [0, 0.1) is 0 Å². The van der Waals surface area contributed by atoms with Gasteiger partial charge in [-0.1, -0.05) is 17.7 Å². The average molecular weight is 294 g/mol. The van der Waals surface area contributed by atoms with Crippen molar-refractivity contribution < 1.29 is 14.6 Å². The van der Waals surface area contributed by atoms with Gasteiger partial charge in [-0.2, -0.15) is 0 Å². The molecule has 20 heavy (non-hydrogen) atoms. The number of aliphatic hydroxyl groups excluding tert-OH is 1. The lowest BCUT2D eigenvalue weighted by atomic mass is 10.1. The zero-order chi connectivity index (χ0) is 14.5. The van der Waals surface area contributed by atoms with E-state index in [0.29, 0.717) is 28.8 Å². The Morgan fingerprint density at radius 2 is 2.10 bits per heavy atom. The van der Waals surface area contributed by atoms with Crippen LogP contribution in [0.3, 0.4) is 0 Å². The molecule has 0 aliphatic carbocycles. The molecule has 0 unspecified atom stereocenters. The Bertz CT molecular complexity index is 587. The molecule has 0 amide bonds. The molecule has 0 spiro atoms. The molecular weight excluding hydrogens is 278 g/mol. The van der Waals surface area contributed by atoms with Gasteiger partial charge in [-0.3, -0.25) is 0 Å². The maximum atomic E-state index is 9.73. The molecule has 1 aromatic heterocycles. The van der Waals surface area contributed by atoms with Crippen LogP contribution in [-0.4, -0.2) is 17.2 Å². The second-order valence-corrected chi connectivity index (χ2v) is 4.75. The Kier molecular flexibility index (Phi) is 4.82. The van der Waals surface area contributed by atoms with Gasteiger partial charge in [0.05, 0.1) is 18.9 Å². The lowest BCUT2D eigenvalue weighted by molar-refractivity contribution is 0.189. The van der Waals surface area contributed by atoms with E-state index in [2.05, 4.69) is 4.98 Å².